The van der Waals surface area contributed by atoms with Crippen LogP contribution < -0.4 is 4.90 Å². The highest BCUT2D eigenvalue weighted by Gasteiger charge is 2.09. The number of anilines is 1. The summed E-state index contributed by atoms with van der Waals surface area (Å²) >= 11 is 0. The molecule has 0 saturated carbocycles. The first kappa shape index (κ1) is 9.06. The summed E-state index contributed by atoms with van der Waals surface area (Å²) in [6, 6.07) is 2.06. The molecule has 1 N–H and O–H groups in total. The van der Waals surface area contributed by atoms with E-state index in [-0.39, 0.29) is 0 Å². The maximum absolute atomic E-state index is 4.36. The van der Waals surface area contributed by atoms with Gasteiger partial charge in [-0.05, 0) is 25.5 Å². The lowest BCUT2D eigenvalue weighted by atomic mass is 10.2. The SMILES string of the molecule is Cc1[nH]c2c(N(C)C)nccc2c1C. The van der Waals surface area contributed by atoms with Crippen molar-refractivity contribution in [2.45, 2.75) is 13.8 Å². The van der Waals surface area contributed by atoms with Gasteiger partial charge in [0.2, 0.25) is 0 Å². The molecule has 3 nitrogen and oxygen atoms in total. The van der Waals surface area contributed by atoms with Crippen LogP contribution in [-0.4, -0.2) is 24.1 Å². The minimum Gasteiger partial charge on any atom is -0.361 e. The Labute approximate surface area is 83.8 Å². The minimum absolute atomic E-state index is 0.999. The molecule has 0 fully saturated rings. The summed E-state index contributed by atoms with van der Waals surface area (Å²) < 4.78 is 0. The first-order valence-electron chi connectivity index (χ1n) is 4.72. The van der Waals surface area contributed by atoms with Crippen LogP contribution in [0.4, 0.5) is 5.82 Å². The second-order valence-corrected chi connectivity index (χ2v) is 3.83. The van der Waals surface area contributed by atoms with Gasteiger partial charge in [-0.15, -0.1) is 0 Å². The van der Waals surface area contributed by atoms with Gasteiger partial charge in [-0.1, -0.05) is 0 Å². The number of aromatic nitrogens is 2. The highest BCUT2D eigenvalue weighted by atomic mass is 15.1. The standard InChI is InChI=1S/C11H15N3/c1-7-8(2)13-10-9(7)5-6-12-11(10)14(3)4/h5-6,13H,1-4H3. The molecular formula is C11H15N3. The Bertz CT molecular complexity index is 469. The van der Waals surface area contributed by atoms with Gasteiger partial charge in [-0.2, -0.15) is 0 Å². The second kappa shape index (κ2) is 3.01. The van der Waals surface area contributed by atoms with E-state index in [0.717, 1.165) is 11.3 Å². The van der Waals surface area contributed by atoms with Crippen molar-refractivity contribution in [2.24, 2.45) is 0 Å². The van der Waals surface area contributed by atoms with Crippen LogP contribution in [0.2, 0.25) is 0 Å². The normalized spacial score (nSPS) is 10.9. The second-order valence-electron chi connectivity index (χ2n) is 3.83. The van der Waals surface area contributed by atoms with Gasteiger partial charge in [0.15, 0.2) is 5.82 Å². The van der Waals surface area contributed by atoms with Gasteiger partial charge in [0.25, 0.3) is 0 Å². The van der Waals surface area contributed by atoms with Crippen molar-refractivity contribution >= 4 is 16.7 Å². The third-order valence-corrected chi connectivity index (χ3v) is 2.63. The van der Waals surface area contributed by atoms with Crippen molar-refractivity contribution in [3.63, 3.8) is 0 Å². The van der Waals surface area contributed by atoms with E-state index < -0.39 is 0 Å². The van der Waals surface area contributed by atoms with Crippen molar-refractivity contribution < 1.29 is 0 Å². The Morgan fingerprint density at radius 1 is 1.29 bits per heavy atom. The number of fused-ring (bicyclic) bond motifs is 1. The molecule has 0 spiro atoms. The van der Waals surface area contributed by atoms with Gasteiger partial charge in [0.1, 0.15) is 0 Å². The van der Waals surface area contributed by atoms with Crippen molar-refractivity contribution in [2.75, 3.05) is 19.0 Å². The molecule has 2 aromatic heterocycles. The lowest BCUT2D eigenvalue weighted by Crippen LogP contribution is -2.10. The predicted octanol–water partition coefficient (Wildman–Crippen LogP) is 2.25. The van der Waals surface area contributed by atoms with Crippen LogP contribution >= 0.6 is 0 Å². The van der Waals surface area contributed by atoms with Gasteiger partial charge >= 0.3 is 0 Å². The summed E-state index contributed by atoms with van der Waals surface area (Å²) in [6.07, 6.45) is 1.86. The van der Waals surface area contributed by atoms with Crippen molar-refractivity contribution in [1.82, 2.24) is 9.97 Å². The smallest absolute Gasteiger partial charge is 0.152 e. The maximum atomic E-state index is 4.36. The number of aryl methyl sites for hydroxylation is 2. The lowest BCUT2D eigenvalue weighted by molar-refractivity contribution is 1.07. The van der Waals surface area contributed by atoms with Crippen LogP contribution in [0.5, 0.6) is 0 Å². The fraction of sp³-hybridized carbons (Fsp3) is 0.364. The summed E-state index contributed by atoms with van der Waals surface area (Å²) in [7, 11) is 4.01. The highest BCUT2D eigenvalue weighted by molar-refractivity contribution is 5.92. The number of rotatable bonds is 1. The summed E-state index contributed by atoms with van der Waals surface area (Å²) in [5.74, 6) is 0.999. The van der Waals surface area contributed by atoms with Gasteiger partial charge in [-0.25, -0.2) is 4.98 Å². The van der Waals surface area contributed by atoms with Gasteiger partial charge in [0, 0.05) is 31.4 Å². The fourth-order valence-electron chi connectivity index (χ4n) is 1.71. The molecule has 14 heavy (non-hydrogen) atoms. The van der Waals surface area contributed by atoms with E-state index in [1.165, 1.54) is 16.6 Å². The third-order valence-electron chi connectivity index (χ3n) is 2.63. The third kappa shape index (κ3) is 1.16. The average Bonchev–Trinajstić information content (AvgIpc) is 2.43. The molecule has 0 atom stereocenters. The largest absolute Gasteiger partial charge is 0.361 e. The summed E-state index contributed by atoms with van der Waals surface area (Å²) in [6.45, 7) is 4.22. The van der Waals surface area contributed by atoms with Crippen molar-refractivity contribution in [3.8, 4) is 0 Å². The fourth-order valence-corrected chi connectivity index (χ4v) is 1.71. The Hall–Kier alpha value is -1.51. The number of nitrogens with one attached hydrogen (secondary N) is 1. The molecular weight excluding hydrogens is 174 g/mol. The Balaban J connectivity index is 2.81. The zero-order valence-corrected chi connectivity index (χ0v) is 9.05. The summed E-state index contributed by atoms with van der Waals surface area (Å²) in [5.41, 5.74) is 3.66. The highest BCUT2D eigenvalue weighted by Crippen LogP contribution is 2.26. The van der Waals surface area contributed by atoms with Crippen molar-refractivity contribution in [3.05, 3.63) is 23.5 Å². The molecule has 2 aromatic rings. The van der Waals surface area contributed by atoms with Crippen LogP contribution in [0.15, 0.2) is 12.3 Å². The number of pyridine rings is 1. The predicted molar refractivity (Wildman–Crippen MR) is 59.9 cm³/mol. The number of aromatic amines is 1. The molecule has 0 saturated heterocycles. The van der Waals surface area contributed by atoms with E-state index in [9.17, 15) is 0 Å². The Kier molecular flexibility index (Phi) is 1.95. The molecule has 2 heterocycles. The van der Waals surface area contributed by atoms with E-state index >= 15 is 0 Å². The van der Waals surface area contributed by atoms with Crippen LogP contribution in [0.1, 0.15) is 11.3 Å². The summed E-state index contributed by atoms with van der Waals surface area (Å²) in [4.78, 5) is 9.75. The molecule has 2 rings (SSSR count). The van der Waals surface area contributed by atoms with Crippen LogP contribution in [-0.2, 0) is 0 Å². The van der Waals surface area contributed by atoms with E-state index in [1.54, 1.807) is 0 Å². The number of nitrogens with zero attached hydrogens (tertiary/aromatic N) is 2. The quantitative estimate of drug-likeness (QED) is 0.746. The van der Waals surface area contributed by atoms with E-state index in [2.05, 4.69) is 29.9 Å². The van der Waals surface area contributed by atoms with Crippen LogP contribution in [0.25, 0.3) is 10.9 Å². The summed E-state index contributed by atoms with van der Waals surface area (Å²) in [5, 5.41) is 1.27. The Morgan fingerprint density at radius 3 is 2.64 bits per heavy atom. The minimum atomic E-state index is 0.999. The van der Waals surface area contributed by atoms with Gasteiger partial charge in [0.05, 0.1) is 5.52 Å². The average molecular weight is 189 g/mol. The molecule has 3 heteroatoms. The van der Waals surface area contributed by atoms with Crippen LogP contribution in [0.3, 0.4) is 0 Å². The van der Waals surface area contributed by atoms with E-state index in [0.29, 0.717) is 0 Å². The molecule has 0 radical (unpaired) electrons. The first-order chi connectivity index (χ1) is 6.61. The van der Waals surface area contributed by atoms with Gasteiger partial charge < -0.3 is 9.88 Å². The number of hydrogen-bond acceptors (Lipinski definition) is 2. The number of hydrogen-bond donors (Lipinski definition) is 1. The zero-order valence-electron chi connectivity index (χ0n) is 9.05. The topological polar surface area (TPSA) is 31.9 Å². The molecule has 0 aliphatic carbocycles. The maximum Gasteiger partial charge on any atom is 0.152 e. The Morgan fingerprint density at radius 2 is 2.00 bits per heavy atom. The lowest BCUT2D eigenvalue weighted by Gasteiger charge is -2.11. The first-order valence-corrected chi connectivity index (χ1v) is 4.72. The molecule has 0 aliphatic rings. The van der Waals surface area contributed by atoms with E-state index in [1.807, 2.05) is 25.2 Å². The monoisotopic (exact) mass is 189 g/mol. The van der Waals surface area contributed by atoms with Crippen molar-refractivity contribution in [1.29, 1.82) is 0 Å². The molecule has 0 amide bonds. The molecule has 0 unspecified atom stereocenters. The molecule has 74 valence electrons. The number of H-pyrrole nitrogens is 1. The van der Waals surface area contributed by atoms with E-state index in [4.69, 9.17) is 0 Å². The molecule has 0 bridgehead atoms. The zero-order chi connectivity index (χ0) is 10.3. The molecule has 0 aromatic carbocycles. The van der Waals surface area contributed by atoms with Gasteiger partial charge in [-0.3, -0.25) is 0 Å². The molecule has 0 aliphatic heterocycles. The van der Waals surface area contributed by atoms with Crippen LogP contribution in [0, 0.1) is 13.8 Å².